The van der Waals surface area contributed by atoms with E-state index in [1.54, 1.807) is 0 Å². The maximum Gasteiger partial charge on any atom is 0.407 e. The third kappa shape index (κ3) is 5.72. The average Bonchev–Trinajstić information content (AvgIpc) is 3.53. The molecule has 2 amide bonds. The van der Waals surface area contributed by atoms with Gasteiger partial charge in [0.05, 0.1) is 0 Å². The Bertz CT molecular complexity index is 976. The lowest BCUT2D eigenvalue weighted by atomic mass is 9.98. The Kier molecular flexibility index (Phi) is 7.27. The molecule has 1 saturated carbocycles. The number of carboxylic acids is 1. The molecule has 0 unspecified atom stereocenters. The van der Waals surface area contributed by atoms with E-state index in [4.69, 9.17) is 9.84 Å². The molecule has 7 heteroatoms. The van der Waals surface area contributed by atoms with Crippen LogP contribution in [-0.2, 0) is 14.3 Å². The summed E-state index contributed by atoms with van der Waals surface area (Å²) in [6, 6.07) is 16.4. The molecule has 0 bridgehead atoms. The number of unbranched alkanes of at least 4 members (excludes halogenated alkanes) is 2. The summed E-state index contributed by atoms with van der Waals surface area (Å²) in [6.45, 7) is 1.26. The first-order valence-corrected chi connectivity index (χ1v) is 11.6. The molecule has 0 aliphatic heterocycles. The number of carboxylic acid groups (broad SMARTS) is 1. The van der Waals surface area contributed by atoms with Crippen molar-refractivity contribution in [2.24, 2.45) is 11.8 Å². The van der Waals surface area contributed by atoms with Crippen LogP contribution < -0.4 is 10.6 Å². The monoisotopic (exact) mass is 450 g/mol. The lowest BCUT2D eigenvalue weighted by Crippen LogP contribution is -2.30. The highest BCUT2D eigenvalue weighted by molar-refractivity contribution is 5.82. The molecule has 2 aliphatic carbocycles. The second-order valence-electron chi connectivity index (χ2n) is 8.80. The van der Waals surface area contributed by atoms with E-state index in [9.17, 15) is 14.4 Å². The number of hydrogen-bond acceptors (Lipinski definition) is 4. The number of nitrogens with one attached hydrogen (secondary N) is 2. The number of fused-ring (bicyclic) bond motifs is 3. The van der Waals surface area contributed by atoms with Crippen LogP contribution >= 0.6 is 0 Å². The first kappa shape index (κ1) is 22.8. The molecule has 2 atom stereocenters. The van der Waals surface area contributed by atoms with Crippen LogP contribution in [0.5, 0.6) is 0 Å². The van der Waals surface area contributed by atoms with Crippen LogP contribution in [0.1, 0.15) is 49.1 Å². The van der Waals surface area contributed by atoms with Crippen LogP contribution in [0.15, 0.2) is 48.5 Å². The molecule has 7 nitrogen and oxygen atoms in total. The average molecular weight is 451 g/mol. The SMILES string of the molecule is O=C(O)CCCCCNC(=O)[C@H]1C[C@H]1CNC(=O)OCC1c2ccccc2-c2ccccc21. The molecule has 3 N–H and O–H groups in total. The lowest BCUT2D eigenvalue weighted by Gasteiger charge is -2.14. The van der Waals surface area contributed by atoms with Crippen molar-refractivity contribution in [3.8, 4) is 11.1 Å². The van der Waals surface area contributed by atoms with Gasteiger partial charge in [-0.25, -0.2) is 4.79 Å². The van der Waals surface area contributed by atoms with Gasteiger partial charge in [0.2, 0.25) is 5.91 Å². The van der Waals surface area contributed by atoms with Crippen molar-refractivity contribution in [3.05, 3.63) is 59.7 Å². The van der Waals surface area contributed by atoms with Gasteiger partial charge >= 0.3 is 12.1 Å². The maximum atomic E-state index is 12.3. The number of amides is 2. The van der Waals surface area contributed by atoms with E-state index in [1.807, 2.05) is 24.3 Å². The molecule has 33 heavy (non-hydrogen) atoms. The maximum absolute atomic E-state index is 12.3. The van der Waals surface area contributed by atoms with Gasteiger partial charge in [-0.05, 0) is 47.4 Å². The zero-order valence-corrected chi connectivity index (χ0v) is 18.6. The minimum Gasteiger partial charge on any atom is -0.481 e. The zero-order chi connectivity index (χ0) is 23.2. The summed E-state index contributed by atoms with van der Waals surface area (Å²) in [7, 11) is 0. The van der Waals surface area contributed by atoms with Gasteiger partial charge in [0.25, 0.3) is 0 Å². The quantitative estimate of drug-likeness (QED) is 0.450. The number of benzene rings is 2. The van der Waals surface area contributed by atoms with Crippen LogP contribution in [0.2, 0.25) is 0 Å². The molecule has 0 radical (unpaired) electrons. The van der Waals surface area contributed by atoms with Crippen molar-refractivity contribution >= 4 is 18.0 Å². The van der Waals surface area contributed by atoms with E-state index in [0.717, 1.165) is 19.3 Å². The summed E-state index contributed by atoms with van der Waals surface area (Å²) in [5.74, 6) is -0.690. The minimum atomic E-state index is -0.788. The first-order chi connectivity index (χ1) is 16.0. The molecule has 4 rings (SSSR count). The molecule has 2 aromatic carbocycles. The highest BCUT2D eigenvalue weighted by atomic mass is 16.5. The van der Waals surface area contributed by atoms with E-state index < -0.39 is 12.1 Å². The number of carbonyl (C=O) groups is 3. The summed E-state index contributed by atoms with van der Waals surface area (Å²) in [5.41, 5.74) is 4.73. The summed E-state index contributed by atoms with van der Waals surface area (Å²) in [6.07, 6.45) is 2.65. The van der Waals surface area contributed by atoms with Crippen LogP contribution in [0.25, 0.3) is 11.1 Å². The van der Waals surface area contributed by atoms with Crippen molar-refractivity contribution in [1.29, 1.82) is 0 Å². The molecule has 0 heterocycles. The van der Waals surface area contributed by atoms with Gasteiger partial charge < -0.3 is 20.5 Å². The largest absolute Gasteiger partial charge is 0.481 e. The van der Waals surface area contributed by atoms with Gasteiger partial charge in [-0.15, -0.1) is 0 Å². The van der Waals surface area contributed by atoms with Gasteiger partial charge in [-0.2, -0.15) is 0 Å². The summed E-state index contributed by atoms with van der Waals surface area (Å²) in [5, 5.41) is 14.3. The van der Waals surface area contributed by atoms with E-state index in [-0.39, 0.29) is 36.7 Å². The van der Waals surface area contributed by atoms with Gasteiger partial charge in [-0.1, -0.05) is 55.0 Å². The van der Waals surface area contributed by atoms with Crippen molar-refractivity contribution in [1.82, 2.24) is 10.6 Å². The molecule has 0 aromatic heterocycles. The normalized spacial score (nSPS) is 18.2. The minimum absolute atomic E-state index is 0.00701. The van der Waals surface area contributed by atoms with Crippen molar-refractivity contribution < 1.29 is 24.2 Å². The van der Waals surface area contributed by atoms with E-state index >= 15 is 0 Å². The Labute approximate surface area is 193 Å². The van der Waals surface area contributed by atoms with Crippen molar-refractivity contribution in [2.75, 3.05) is 19.7 Å². The Morgan fingerprint density at radius 1 is 0.909 bits per heavy atom. The fourth-order valence-electron chi connectivity index (χ4n) is 4.58. The summed E-state index contributed by atoms with van der Waals surface area (Å²) < 4.78 is 5.54. The third-order valence-corrected chi connectivity index (χ3v) is 6.48. The number of carbonyl (C=O) groups excluding carboxylic acids is 2. The fourth-order valence-corrected chi connectivity index (χ4v) is 4.58. The predicted molar refractivity (Wildman–Crippen MR) is 124 cm³/mol. The second kappa shape index (κ2) is 10.5. The lowest BCUT2D eigenvalue weighted by molar-refractivity contribution is -0.137. The molecular formula is C26H30N2O5. The molecule has 2 aliphatic rings. The standard InChI is InChI=1S/C26H30N2O5/c29-24(30)12-2-1-7-13-27-25(31)22-14-17(22)15-28-26(32)33-16-23-20-10-5-3-8-18(20)19-9-4-6-11-21(19)23/h3-6,8-11,17,22-23H,1-2,7,12-16H2,(H,27,31)(H,28,32)(H,29,30)/t17-,22-/m0/s1. The van der Waals surface area contributed by atoms with Crippen LogP contribution in [0.4, 0.5) is 4.79 Å². The topological polar surface area (TPSA) is 105 Å². The summed E-state index contributed by atoms with van der Waals surface area (Å²) >= 11 is 0. The Morgan fingerprint density at radius 3 is 2.24 bits per heavy atom. The molecule has 0 spiro atoms. The van der Waals surface area contributed by atoms with Crippen LogP contribution in [0.3, 0.4) is 0 Å². The molecular weight excluding hydrogens is 420 g/mol. The first-order valence-electron chi connectivity index (χ1n) is 11.6. The highest BCUT2D eigenvalue weighted by Crippen LogP contribution is 2.44. The van der Waals surface area contributed by atoms with Crippen molar-refractivity contribution in [2.45, 2.75) is 38.0 Å². The van der Waals surface area contributed by atoms with Gasteiger partial charge in [0.15, 0.2) is 0 Å². The number of alkyl carbamates (subject to hydrolysis) is 1. The number of rotatable bonds is 11. The van der Waals surface area contributed by atoms with E-state index in [0.29, 0.717) is 19.5 Å². The summed E-state index contributed by atoms with van der Waals surface area (Å²) in [4.78, 5) is 34.9. The van der Waals surface area contributed by atoms with Crippen molar-refractivity contribution in [3.63, 3.8) is 0 Å². The number of ether oxygens (including phenoxy) is 1. The zero-order valence-electron chi connectivity index (χ0n) is 18.6. The Morgan fingerprint density at radius 2 is 1.58 bits per heavy atom. The Hall–Kier alpha value is -3.35. The van der Waals surface area contributed by atoms with Crippen LogP contribution in [0, 0.1) is 11.8 Å². The second-order valence-corrected chi connectivity index (χ2v) is 8.80. The fraction of sp³-hybridized carbons (Fsp3) is 0.423. The predicted octanol–water partition coefficient (Wildman–Crippen LogP) is 3.92. The number of aliphatic carboxylic acids is 1. The smallest absolute Gasteiger partial charge is 0.407 e. The number of hydrogen-bond donors (Lipinski definition) is 3. The molecule has 2 aromatic rings. The third-order valence-electron chi connectivity index (χ3n) is 6.48. The van der Waals surface area contributed by atoms with Gasteiger partial charge in [0, 0.05) is 31.3 Å². The molecule has 174 valence electrons. The van der Waals surface area contributed by atoms with E-state index in [1.165, 1.54) is 22.3 Å². The van der Waals surface area contributed by atoms with Crippen LogP contribution in [-0.4, -0.2) is 42.8 Å². The Balaban J connectivity index is 1.15. The van der Waals surface area contributed by atoms with Gasteiger partial charge in [0.1, 0.15) is 6.61 Å². The molecule has 0 saturated heterocycles. The van der Waals surface area contributed by atoms with Gasteiger partial charge in [-0.3, -0.25) is 9.59 Å². The molecule has 1 fully saturated rings. The highest BCUT2D eigenvalue weighted by Gasteiger charge is 2.42. The van der Waals surface area contributed by atoms with E-state index in [2.05, 4.69) is 34.9 Å².